The Morgan fingerprint density at radius 2 is 1.72 bits per heavy atom. The van der Waals surface area contributed by atoms with Gasteiger partial charge in [0, 0.05) is 13.1 Å². The first-order chi connectivity index (χ1) is 14.0. The zero-order valence-electron chi connectivity index (χ0n) is 16.0. The van der Waals surface area contributed by atoms with Gasteiger partial charge in [0.1, 0.15) is 5.03 Å². The third kappa shape index (κ3) is 3.79. The topological polar surface area (TPSA) is 73.6 Å². The fourth-order valence-electron chi connectivity index (χ4n) is 3.44. The van der Waals surface area contributed by atoms with Crippen molar-refractivity contribution in [2.75, 3.05) is 26.3 Å². The molecule has 2 heterocycles. The fraction of sp³-hybridized carbons (Fsp3) is 0.286. The SMILES string of the molecule is Cc1ccc(S(=O)(=O)N2SC(N3CCOCC3)=C(C#N)C2c2ccccc2)cc1. The summed E-state index contributed by atoms with van der Waals surface area (Å²) in [5.74, 6) is 0. The molecule has 1 saturated heterocycles. The van der Waals surface area contributed by atoms with E-state index in [1.165, 1.54) is 3.71 Å². The van der Waals surface area contributed by atoms with Crippen molar-refractivity contribution in [2.45, 2.75) is 17.9 Å². The van der Waals surface area contributed by atoms with E-state index < -0.39 is 16.1 Å². The standard InChI is InChI=1S/C21H21N3O3S2/c1-16-7-9-18(10-8-16)29(25,26)24-20(17-5-3-2-4-6-17)19(15-22)21(28-24)23-11-13-27-14-12-23/h2-10,20H,11-14H2,1H3. The first-order valence-electron chi connectivity index (χ1n) is 9.33. The molecule has 6 nitrogen and oxygen atoms in total. The number of aryl methyl sites for hydroxylation is 1. The van der Waals surface area contributed by atoms with Crippen LogP contribution in [-0.4, -0.2) is 43.3 Å². The Hall–Kier alpha value is -2.31. The molecule has 0 spiro atoms. The molecule has 150 valence electrons. The lowest BCUT2D eigenvalue weighted by Crippen LogP contribution is -2.35. The van der Waals surface area contributed by atoms with Crippen LogP contribution in [0.3, 0.4) is 0 Å². The van der Waals surface area contributed by atoms with Gasteiger partial charge in [-0.3, -0.25) is 0 Å². The van der Waals surface area contributed by atoms with E-state index in [0.29, 0.717) is 36.9 Å². The van der Waals surface area contributed by atoms with Crippen LogP contribution in [0.2, 0.25) is 0 Å². The lowest BCUT2D eigenvalue weighted by atomic mass is 10.0. The minimum absolute atomic E-state index is 0.219. The van der Waals surface area contributed by atoms with Crippen LogP contribution >= 0.6 is 11.9 Å². The maximum absolute atomic E-state index is 13.5. The number of ether oxygens (including phenoxy) is 1. The van der Waals surface area contributed by atoms with Crippen LogP contribution in [0, 0.1) is 18.3 Å². The van der Waals surface area contributed by atoms with Crippen LogP contribution < -0.4 is 0 Å². The molecule has 2 aromatic rings. The first kappa shape index (κ1) is 20.0. The smallest absolute Gasteiger partial charge is 0.253 e. The monoisotopic (exact) mass is 427 g/mol. The highest BCUT2D eigenvalue weighted by Gasteiger charge is 2.44. The summed E-state index contributed by atoms with van der Waals surface area (Å²) in [5, 5.41) is 10.7. The minimum atomic E-state index is -3.82. The minimum Gasteiger partial charge on any atom is -0.378 e. The van der Waals surface area contributed by atoms with Crippen molar-refractivity contribution in [3.63, 3.8) is 0 Å². The molecule has 29 heavy (non-hydrogen) atoms. The molecule has 0 radical (unpaired) electrons. The molecule has 0 amide bonds. The van der Waals surface area contributed by atoms with Gasteiger partial charge < -0.3 is 9.64 Å². The van der Waals surface area contributed by atoms with Crippen molar-refractivity contribution in [1.82, 2.24) is 8.61 Å². The number of hydrogen-bond donors (Lipinski definition) is 0. The van der Waals surface area contributed by atoms with Gasteiger partial charge in [0.05, 0.1) is 35.8 Å². The Morgan fingerprint density at radius 3 is 2.34 bits per heavy atom. The van der Waals surface area contributed by atoms with E-state index in [4.69, 9.17) is 4.74 Å². The average molecular weight is 428 g/mol. The number of nitriles is 1. The highest BCUT2D eigenvalue weighted by molar-refractivity contribution is 8.11. The Morgan fingerprint density at radius 1 is 1.07 bits per heavy atom. The predicted octanol–water partition coefficient (Wildman–Crippen LogP) is 3.46. The van der Waals surface area contributed by atoms with Gasteiger partial charge in [-0.2, -0.15) is 5.26 Å². The number of hydrogen-bond acceptors (Lipinski definition) is 6. The summed E-state index contributed by atoms with van der Waals surface area (Å²) >= 11 is 1.13. The van der Waals surface area contributed by atoms with E-state index in [1.54, 1.807) is 24.3 Å². The first-order valence-corrected chi connectivity index (χ1v) is 11.5. The molecule has 0 N–H and O–H groups in total. The quantitative estimate of drug-likeness (QED) is 0.696. The number of sulfonamides is 1. The molecule has 0 aromatic heterocycles. The van der Waals surface area contributed by atoms with Crippen LogP contribution in [0.25, 0.3) is 0 Å². The Bertz CT molecular complexity index is 1050. The molecule has 8 heteroatoms. The van der Waals surface area contributed by atoms with Crippen LogP contribution in [0.15, 0.2) is 70.1 Å². The summed E-state index contributed by atoms with van der Waals surface area (Å²) in [6.45, 7) is 4.30. The zero-order valence-corrected chi connectivity index (χ0v) is 17.6. The van der Waals surface area contributed by atoms with Gasteiger partial charge in [-0.05, 0) is 36.6 Å². The van der Waals surface area contributed by atoms with Crippen LogP contribution in [0.4, 0.5) is 0 Å². The molecular weight excluding hydrogens is 406 g/mol. The molecule has 1 atom stereocenters. The third-order valence-corrected chi connectivity index (χ3v) is 8.39. The lowest BCUT2D eigenvalue weighted by Gasteiger charge is -2.29. The van der Waals surface area contributed by atoms with Crippen LogP contribution in [-0.2, 0) is 14.8 Å². The van der Waals surface area contributed by atoms with Gasteiger partial charge in [0.15, 0.2) is 0 Å². The molecule has 4 rings (SSSR count). The molecule has 0 bridgehead atoms. The van der Waals surface area contributed by atoms with Gasteiger partial charge >= 0.3 is 0 Å². The van der Waals surface area contributed by atoms with Crippen molar-refractivity contribution in [1.29, 1.82) is 5.26 Å². The fourth-order valence-corrected chi connectivity index (χ4v) is 6.55. The molecule has 1 unspecified atom stereocenters. The van der Waals surface area contributed by atoms with E-state index >= 15 is 0 Å². The summed E-state index contributed by atoms with van der Waals surface area (Å²) in [5.41, 5.74) is 2.22. The lowest BCUT2D eigenvalue weighted by molar-refractivity contribution is 0.0574. The van der Waals surface area contributed by atoms with Gasteiger partial charge in [-0.1, -0.05) is 48.0 Å². The van der Waals surface area contributed by atoms with Crippen LogP contribution in [0.5, 0.6) is 0 Å². The molecule has 0 aliphatic carbocycles. The van der Waals surface area contributed by atoms with Crippen molar-refractivity contribution < 1.29 is 13.2 Å². The predicted molar refractivity (Wildman–Crippen MR) is 112 cm³/mol. The second-order valence-corrected chi connectivity index (χ2v) is 9.92. The summed E-state index contributed by atoms with van der Waals surface area (Å²) in [4.78, 5) is 2.27. The van der Waals surface area contributed by atoms with Crippen molar-refractivity contribution in [3.05, 3.63) is 76.3 Å². The Labute approximate surface area is 175 Å². The van der Waals surface area contributed by atoms with Gasteiger partial charge in [-0.15, -0.1) is 3.71 Å². The molecule has 2 aliphatic rings. The summed E-state index contributed by atoms with van der Waals surface area (Å²) in [7, 11) is -3.82. The number of nitrogens with zero attached hydrogens (tertiary/aromatic N) is 3. The zero-order chi connectivity index (χ0) is 20.4. The number of morpholine rings is 1. The van der Waals surface area contributed by atoms with E-state index in [2.05, 4.69) is 6.07 Å². The molecular formula is C21H21N3O3S2. The molecule has 1 fully saturated rings. The highest BCUT2D eigenvalue weighted by atomic mass is 32.3. The molecule has 0 saturated carbocycles. The summed E-state index contributed by atoms with van der Waals surface area (Å²) in [6, 6.07) is 17.7. The van der Waals surface area contributed by atoms with Crippen molar-refractivity contribution in [3.8, 4) is 6.07 Å². The van der Waals surface area contributed by atoms with Crippen LogP contribution in [0.1, 0.15) is 17.2 Å². The van der Waals surface area contributed by atoms with Crippen molar-refractivity contribution >= 4 is 22.0 Å². The number of rotatable bonds is 4. The second kappa shape index (κ2) is 8.20. The van der Waals surface area contributed by atoms with E-state index in [1.807, 2.05) is 42.2 Å². The van der Waals surface area contributed by atoms with E-state index in [9.17, 15) is 13.7 Å². The maximum Gasteiger partial charge on any atom is 0.253 e. The van der Waals surface area contributed by atoms with Gasteiger partial charge in [0.2, 0.25) is 0 Å². The summed E-state index contributed by atoms with van der Waals surface area (Å²) in [6.07, 6.45) is 0. The van der Waals surface area contributed by atoms with E-state index in [0.717, 1.165) is 23.1 Å². The van der Waals surface area contributed by atoms with Gasteiger partial charge in [0.25, 0.3) is 10.0 Å². The maximum atomic E-state index is 13.5. The number of benzene rings is 2. The largest absolute Gasteiger partial charge is 0.378 e. The van der Waals surface area contributed by atoms with E-state index in [-0.39, 0.29) is 4.90 Å². The third-order valence-electron chi connectivity index (χ3n) is 4.98. The molecule has 2 aliphatic heterocycles. The normalized spacial score (nSPS) is 20.7. The average Bonchev–Trinajstić information content (AvgIpc) is 3.16. The Kier molecular flexibility index (Phi) is 5.65. The highest BCUT2D eigenvalue weighted by Crippen LogP contribution is 2.50. The summed E-state index contributed by atoms with van der Waals surface area (Å²) < 4.78 is 33.9. The van der Waals surface area contributed by atoms with Gasteiger partial charge in [-0.25, -0.2) is 8.42 Å². The second-order valence-electron chi connectivity index (χ2n) is 6.91. The molecule has 2 aromatic carbocycles. The Balaban J connectivity index is 1.81. The van der Waals surface area contributed by atoms with Crippen molar-refractivity contribution in [2.24, 2.45) is 0 Å².